The van der Waals surface area contributed by atoms with E-state index in [0.717, 1.165) is 24.3 Å². The van der Waals surface area contributed by atoms with Gasteiger partial charge in [0.15, 0.2) is 0 Å². The van der Waals surface area contributed by atoms with Crippen molar-refractivity contribution in [2.75, 3.05) is 13.1 Å². The summed E-state index contributed by atoms with van der Waals surface area (Å²) in [7, 11) is 0. The number of hydrogen-bond donors (Lipinski definition) is 3. The second-order valence-electron chi connectivity index (χ2n) is 8.45. The highest BCUT2D eigenvalue weighted by molar-refractivity contribution is 5.95. The van der Waals surface area contributed by atoms with Gasteiger partial charge in [0.1, 0.15) is 11.5 Å². The van der Waals surface area contributed by atoms with Crippen molar-refractivity contribution in [1.82, 2.24) is 10.6 Å². The number of amides is 2. The van der Waals surface area contributed by atoms with E-state index in [4.69, 9.17) is 9.84 Å². The van der Waals surface area contributed by atoms with Crippen LogP contribution in [0, 0.1) is 5.92 Å². The number of carboxylic acids is 1. The third-order valence-corrected chi connectivity index (χ3v) is 5.76. The molecule has 0 radical (unpaired) electrons. The molecule has 0 spiro atoms. The molecular weight excluding hydrogens is 500 g/mol. The highest BCUT2D eigenvalue weighted by Gasteiger charge is 2.43. The molecule has 0 aliphatic heterocycles. The molecule has 0 unspecified atom stereocenters. The zero-order chi connectivity index (χ0) is 27.0. The minimum atomic E-state index is -4.64. The number of carbonyl (C=O) groups excluding carboxylic acids is 2. The molecule has 0 aromatic heterocycles. The van der Waals surface area contributed by atoms with Crippen molar-refractivity contribution in [2.24, 2.45) is 5.92 Å². The number of hydrogen-bond acceptors (Lipinski definition) is 5. The number of nitrogens with one attached hydrogen (secondary N) is 2. The smallest absolute Gasteiger partial charge is 0.461 e. The van der Waals surface area contributed by atoms with E-state index in [2.05, 4.69) is 15.4 Å². The Hall–Kier alpha value is -3.83. The molecule has 1 fully saturated rings. The number of halogens is 4. The van der Waals surface area contributed by atoms with Gasteiger partial charge < -0.3 is 25.2 Å². The maximum absolute atomic E-state index is 12.9. The van der Waals surface area contributed by atoms with Gasteiger partial charge in [-0.2, -0.15) is 17.6 Å². The van der Waals surface area contributed by atoms with Gasteiger partial charge in [-0.05, 0) is 74.2 Å². The van der Waals surface area contributed by atoms with Crippen LogP contribution in [0.2, 0.25) is 0 Å². The molecule has 2 aromatic carbocycles. The molecule has 1 aliphatic carbocycles. The lowest BCUT2D eigenvalue weighted by Crippen LogP contribution is -2.34. The Labute approximate surface area is 209 Å². The maximum atomic E-state index is 12.9. The van der Waals surface area contributed by atoms with E-state index >= 15 is 0 Å². The fourth-order valence-electron chi connectivity index (χ4n) is 3.74. The summed E-state index contributed by atoms with van der Waals surface area (Å²) < 4.78 is 60.0. The number of ether oxygens (including phenoxy) is 2. The van der Waals surface area contributed by atoms with Crippen LogP contribution >= 0.6 is 0 Å². The Kier molecular flexibility index (Phi) is 9.31. The van der Waals surface area contributed by atoms with Crippen molar-refractivity contribution in [1.29, 1.82) is 0 Å². The van der Waals surface area contributed by atoms with Gasteiger partial charge in [-0.1, -0.05) is 0 Å². The number of alkyl halides is 4. The number of aliphatic carboxylic acids is 1. The van der Waals surface area contributed by atoms with Crippen LogP contribution in [0.15, 0.2) is 48.5 Å². The van der Waals surface area contributed by atoms with Crippen molar-refractivity contribution in [3.8, 4) is 11.5 Å². The fraction of sp³-hybridized carbons (Fsp3) is 0.400. The van der Waals surface area contributed by atoms with Gasteiger partial charge in [-0.15, -0.1) is 0 Å². The van der Waals surface area contributed by atoms with Crippen LogP contribution < -0.4 is 20.1 Å². The van der Waals surface area contributed by atoms with E-state index in [-0.39, 0.29) is 36.6 Å². The molecule has 12 heteroatoms. The zero-order valence-electron chi connectivity index (χ0n) is 19.6. The summed E-state index contributed by atoms with van der Waals surface area (Å²) >= 11 is 0. The zero-order valence-corrected chi connectivity index (χ0v) is 19.6. The molecule has 0 saturated heterocycles. The topological polar surface area (TPSA) is 114 Å². The third-order valence-electron chi connectivity index (χ3n) is 5.76. The molecule has 1 saturated carbocycles. The first-order valence-electron chi connectivity index (χ1n) is 11.6. The minimum Gasteiger partial charge on any atom is -0.490 e. The molecule has 8 nitrogen and oxygen atoms in total. The lowest BCUT2D eigenvalue weighted by molar-refractivity contribution is -0.253. The normalized spacial score (nSPS) is 17.6. The molecule has 3 rings (SSSR count). The predicted octanol–water partition coefficient (Wildman–Crippen LogP) is 4.11. The van der Waals surface area contributed by atoms with Crippen molar-refractivity contribution in [3.63, 3.8) is 0 Å². The lowest BCUT2D eigenvalue weighted by Gasteiger charge is -2.26. The van der Waals surface area contributed by atoms with E-state index in [9.17, 15) is 31.9 Å². The molecule has 0 bridgehead atoms. The summed E-state index contributed by atoms with van der Waals surface area (Å²) in [5.74, 6) is -1.97. The molecule has 37 heavy (non-hydrogen) atoms. The predicted molar refractivity (Wildman–Crippen MR) is 123 cm³/mol. The van der Waals surface area contributed by atoms with Gasteiger partial charge in [-0.25, -0.2) is 0 Å². The summed E-state index contributed by atoms with van der Waals surface area (Å²) in [5, 5.41) is 14.2. The quantitative estimate of drug-likeness (QED) is 0.300. The second-order valence-corrected chi connectivity index (χ2v) is 8.45. The minimum absolute atomic E-state index is 0.0683. The van der Waals surface area contributed by atoms with Gasteiger partial charge in [0.25, 0.3) is 11.8 Å². The van der Waals surface area contributed by atoms with Crippen LogP contribution in [-0.4, -0.2) is 54.6 Å². The van der Waals surface area contributed by atoms with E-state index in [1.54, 1.807) is 24.3 Å². The SMILES string of the molecule is O=C(NCCNC(=O)c1ccc(OC(F)(F)C(F)F)cc1)c1ccc(OC2CCC(C(=O)O)CC2)cc1. The lowest BCUT2D eigenvalue weighted by atomic mass is 9.87. The van der Waals surface area contributed by atoms with Gasteiger partial charge in [0, 0.05) is 24.2 Å². The Morgan fingerprint density at radius 1 is 0.838 bits per heavy atom. The number of carboxylic acid groups (broad SMARTS) is 1. The van der Waals surface area contributed by atoms with E-state index in [0.29, 0.717) is 37.0 Å². The Morgan fingerprint density at radius 3 is 1.73 bits per heavy atom. The first-order chi connectivity index (χ1) is 17.5. The Balaban J connectivity index is 1.38. The summed E-state index contributed by atoms with van der Waals surface area (Å²) in [6, 6.07) is 10.7. The van der Waals surface area contributed by atoms with Crippen LogP contribution in [0.3, 0.4) is 0 Å². The summed E-state index contributed by atoms with van der Waals surface area (Å²) in [4.78, 5) is 35.5. The molecule has 3 N–H and O–H groups in total. The fourth-order valence-corrected chi connectivity index (χ4v) is 3.74. The van der Waals surface area contributed by atoms with Crippen LogP contribution in [0.5, 0.6) is 11.5 Å². The van der Waals surface area contributed by atoms with Crippen molar-refractivity contribution >= 4 is 17.8 Å². The van der Waals surface area contributed by atoms with Gasteiger partial charge >= 0.3 is 18.5 Å². The second kappa shape index (κ2) is 12.4. The number of rotatable bonds is 11. The Bertz CT molecular complexity index is 1070. The average molecular weight is 526 g/mol. The monoisotopic (exact) mass is 526 g/mol. The van der Waals surface area contributed by atoms with Crippen molar-refractivity contribution in [2.45, 2.75) is 44.3 Å². The molecule has 2 amide bonds. The van der Waals surface area contributed by atoms with Crippen LogP contribution in [0.25, 0.3) is 0 Å². The molecule has 2 aromatic rings. The third kappa shape index (κ3) is 8.09. The van der Waals surface area contributed by atoms with Gasteiger partial charge in [0.2, 0.25) is 0 Å². The highest BCUT2D eigenvalue weighted by Crippen LogP contribution is 2.29. The molecule has 200 valence electrons. The molecule has 0 heterocycles. The van der Waals surface area contributed by atoms with Crippen LogP contribution in [0.4, 0.5) is 17.6 Å². The van der Waals surface area contributed by atoms with Crippen molar-refractivity contribution < 1.29 is 46.5 Å². The molecule has 1 aliphatic rings. The maximum Gasteiger partial charge on any atom is 0.461 e. The van der Waals surface area contributed by atoms with E-state index < -0.39 is 30.2 Å². The van der Waals surface area contributed by atoms with Crippen LogP contribution in [-0.2, 0) is 4.79 Å². The number of carbonyl (C=O) groups is 3. The van der Waals surface area contributed by atoms with Gasteiger partial charge in [-0.3, -0.25) is 14.4 Å². The van der Waals surface area contributed by atoms with Gasteiger partial charge in [0.05, 0.1) is 12.0 Å². The van der Waals surface area contributed by atoms with E-state index in [1.165, 1.54) is 0 Å². The Morgan fingerprint density at radius 2 is 1.30 bits per heavy atom. The van der Waals surface area contributed by atoms with E-state index in [1.807, 2.05) is 0 Å². The highest BCUT2D eigenvalue weighted by atomic mass is 19.3. The standard InChI is InChI=1S/C25H26F4N2O6/c26-24(27)25(28,29)37-20-11-3-16(4-12-20)22(33)31-14-13-30-21(32)15-1-7-18(8-2-15)36-19-9-5-17(6-10-19)23(34)35/h1-4,7-8,11-12,17,19,24H,5-6,9-10,13-14H2,(H,30,32)(H,31,33)(H,34,35). The summed E-state index contributed by atoms with van der Waals surface area (Å²) in [6.45, 7) is 0.184. The first-order valence-corrected chi connectivity index (χ1v) is 11.6. The summed E-state index contributed by atoms with van der Waals surface area (Å²) in [5.41, 5.74) is 0.468. The van der Waals surface area contributed by atoms with Crippen LogP contribution in [0.1, 0.15) is 46.4 Å². The largest absolute Gasteiger partial charge is 0.490 e. The summed E-state index contributed by atoms with van der Waals surface area (Å²) in [6.07, 6.45) is -6.27. The molecular formula is C25H26F4N2O6. The first kappa shape index (κ1) is 27.8. The molecule has 0 atom stereocenters. The number of benzene rings is 2. The average Bonchev–Trinajstić information content (AvgIpc) is 2.87. The van der Waals surface area contributed by atoms with Crippen molar-refractivity contribution in [3.05, 3.63) is 59.7 Å².